The number of carbonyl (C=O) groups excluding carboxylic acids is 2. The highest BCUT2D eigenvalue weighted by Crippen LogP contribution is 2.31. The molecular weight excluding hydrogens is 466 g/mol. The smallest absolute Gasteiger partial charge is 0.410 e. The second-order valence-corrected chi connectivity index (χ2v) is 11.1. The van der Waals surface area contributed by atoms with Crippen molar-refractivity contribution in [2.24, 2.45) is 5.92 Å². The molecule has 1 heterocycles. The maximum Gasteiger partial charge on any atom is 0.410 e. The fourth-order valence-electron chi connectivity index (χ4n) is 4.49. The second kappa shape index (κ2) is 12.1. The zero-order valence-corrected chi connectivity index (χ0v) is 22.9. The van der Waals surface area contributed by atoms with Gasteiger partial charge in [0.2, 0.25) is 5.91 Å². The van der Waals surface area contributed by atoms with Crippen LogP contribution in [0.5, 0.6) is 5.75 Å². The molecule has 0 radical (unpaired) electrons. The van der Waals surface area contributed by atoms with Crippen LogP contribution in [0.3, 0.4) is 0 Å². The summed E-state index contributed by atoms with van der Waals surface area (Å²) in [5.41, 5.74) is 2.38. The fraction of sp³-hybridized carbons (Fsp3) is 0.500. The van der Waals surface area contributed by atoms with Gasteiger partial charge in [-0.3, -0.25) is 9.69 Å². The summed E-state index contributed by atoms with van der Waals surface area (Å²) in [6.07, 6.45) is 3.83. The van der Waals surface area contributed by atoms with E-state index < -0.39 is 5.60 Å². The number of amides is 2. The van der Waals surface area contributed by atoms with Gasteiger partial charge in [0.05, 0.1) is 5.92 Å². The van der Waals surface area contributed by atoms with Gasteiger partial charge in [-0.1, -0.05) is 50.2 Å². The van der Waals surface area contributed by atoms with E-state index in [1.807, 2.05) is 75.5 Å². The third-order valence-electron chi connectivity index (χ3n) is 6.34. The Kier molecular flexibility index (Phi) is 9.20. The van der Waals surface area contributed by atoms with E-state index in [1.54, 1.807) is 4.90 Å². The number of hydrogen-bond donors (Lipinski definition) is 0. The van der Waals surface area contributed by atoms with E-state index in [1.165, 1.54) is 7.05 Å². The molecular formula is C30H39N3O4. The summed E-state index contributed by atoms with van der Waals surface area (Å²) in [7, 11) is 1.51. The Morgan fingerprint density at radius 1 is 1.08 bits per heavy atom. The first-order valence-corrected chi connectivity index (χ1v) is 13.0. The highest BCUT2D eigenvalue weighted by molar-refractivity contribution is 5.85. The predicted molar refractivity (Wildman–Crippen MR) is 144 cm³/mol. The van der Waals surface area contributed by atoms with E-state index in [-0.39, 0.29) is 24.0 Å². The Labute approximate surface area is 221 Å². The van der Waals surface area contributed by atoms with E-state index in [2.05, 4.69) is 13.8 Å². The van der Waals surface area contributed by atoms with Crippen LogP contribution in [0.25, 0.3) is 11.1 Å². The van der Waals surface area contributed by atoms with Gasteiger partial charge in [-0.25, -0.2) is 4.79 Å². The molecule has 0 aliphatic carbocycles. The molecule has 7 heteroatoms. The van der Waals surface area contributed by atoms with E-state index >= 15 is 0 Å². The van der Waals surface area contributed by atoms with E-state index in [0.717, 1.165) is 40.2 Å². The van der Waals surface area contributed by atoms with E-state index in [4.69, 9.17) is 9.47 Å². The minimum atomic E-state index is -0.504. The number of likely N-dealkylation sites (tertiary alicyclic amines) is 1. The second-order valence-electron chi connectivity index (χ2n) is 11.1. The minimum absolute atomic E-state index is 0.0230. The van der Waals surface area contributed by atoms with Crippen molar-refractivity contribution in [3.05, 3.63) is 54.1 Å². The van der Waals surface area contributed by atoms with Crippen molar-refractivity contribution < 1.29 is 19.1 Å². The zero-order chi connectivity index (χ0) is 27.2. The van der Waals surface area contributed by atoms with Gasteiger partial charge in [-0.05, 0) is 61.9 Å². The van der Waals surface area contributed by atoms with Crippen LogP contribution in [0.4, 0.5) is 4.79 Å². The molecule has 1 saturated heterocycles. The van der Waals surface area contributed by atoms with Crippen molar-refractivity contribution in [3.8, 4) is 23.1 Å². The zero-order valence-electron chi connectivity index (χ0n) is 22.9. The molecule has 0 aromatic heterocycles. The fourth-order valence-corrected chi connectivity index (χ4v) is 4.49. The molecule has 198 valence electrons. The number of nitrogens with zero attached hydrogens (tertiary/aromatic N) is 3. The first-order chi connectivity index (χ1) is 17.5. The molecule has 0 bridgehead atoms. The van der Waals surface area contributed by atoms with Crippen molar-refractivity contribution in [2.45, 2.75) is 71.5 Å². The lowest BCUT2D eigenvalue weighted by atomic mass is 9.87. The van der Waals surface area contributed by atoms with Gasteiger partial charge in [0.15, 0.2) is 6.19 Å². The highest BCUT2D eigenvalue weighted by atomic mass is 16.6. The van der Waals surface area contributed by atoms with Crippen LogP contribution >= 0.6 is 0 Å². The Hall–Kier alpha value is -3.53. The number of nitriles is 1. The first-order valence-electron chi connectivity index (χ1n) is 13.0. The average Bonchev–Trinajstić information content (AvgIpc) is 2.86. The maximum atomic E-state index is 12.9. The predicted octanol–water partition coefficient (Wildman–Crippen LogP) is 6.20. The monoisotopic (exact) mass is 505 g/mol. The summed E-state index contributed by atoms with van der Waals surface area (Å²) in [5, 5.41) is 9.23. The number of hydrogen-bond acceptors (Lipinski definition) is 5. The number of benzene rings is 2. The highest BCUT2D eigenvalue weighted by Gasteiger charge is 2.28. The largest absolute Gasteiger partial charge is 0.490 e. The lowest BCUT2D eigenvalue weighted by Crippen LogP contribution is -2.44. The molecule has 1 aliphatic rings. The molecule has 3 rings (SSSR count). The standard InChI is InChI=1S/C30H39N3O4/c1-21(2)17-27(28(34)32(6)20-31)24-11-7-9-22(18-24)23-10-8-12-26(19-23)36-25-13-15-33(16-14-25)29(35)37-30(3,4)5/h7-12,18-19,21,25,27H,13-17H2,1-6H3. The summed E-state index contributed by atoms with van der Waals surface area (Å²) in [4.78, 5) is 28.1. The van der Waals surface area contributed by atoms with Crippen LogP contribution in [0.2, 0.25) is 0 Å². The summed E-state index contributed by atoms with van der Waals surface area (Å²) in [6.45, 7) is 11.0. The third-order valence-corrected chi connectivity index (χ3v) is 6.34. The van der Waals surface area contributed by atoms with Crippen molar-refractivity contribution in [1.29, 1.82) is 5.26 Å². The molecule has 0 spiro atoms. The molecule has 2 amide bonds. The summed E-state index contributed by atoms with van der Waals surface area (Å²) in [5.74, 6) is 0.517. The van der Waals surface area contributed by atoms with Gasteiger partial charge in [-0.15, -0.1) is 0 Å². The quantitative estimate of drug-likeness (QED) is 0.330. The number of rotatable bonds is 7. The number of likely N-dealkylation sites (N-methyl/N-ethyl adjacent to an activating group) is 1. The van der Waals surface area contributed by atoms with Crippen molar-refractivity contribution >= 4 is 12.0 Å². The first kappa shape index (κ1) is 28.0. The molecule has 7 nitrogen and oxygen atoms in total. The Balaban J connectivity index is 1.71. The third kappa shape index (κ3) is 7.98. The lowest BCUT2D eigenvalue weighted by Gasteiger charge is -2.33. The van der Waals surface area contributed by atoms with Gasteiger partial charge < -0.3 is 14.4 Å². The molecule has 0 saturated carbocycles. The minimum Gasteiger partial charge on any atom is -0.490 e. The molecule has 1 unspecified atom stereocenters. The Morgan fingerprint density at radius 3 is 2.30 bits per heavy atom. The van der Waals surface area contributed by atoms with Gasteiger partial charge >= 0.3 is 6.09 Å². The van der Waals surface area contributed by atoms with E-state index in [9.17, 15) is 14.9 Å². The summed E-state index contributed by atoms with van der Waals surface area (Å²) >= 11 is 0. The summed E-state index contributed by atoms with van der Waals surface area (Å²) in [6, 6.07) is 15.9. The number of ether oxygens (including phenoxy) is 2. The Bertz CT molecular complexity index is 1120. The SMILES string of the molecule is CC(C)CC(C(=O)N(C)C#N)c1cccc(-c2cccc(OC3CCN(C(=O)OC(C)(C)C)CC3)c2)c1. The van der Waals surface area contributed by atoms with Crippen LogP contribution in [0.15, 0.2) is 48.5 Å². The molecule has 2 aromatic carbocycles. The topological polar surface area (TPSA) is 82.9 Å². The number of piperidine rings is 1. The van der Waals surface area contributed by atoms with Gasteiger partial charge in [0.25, 0.3) is 0 Å². The van der Waals surface area contributed by atoms with Crippen LogP contribution in [0, 0.1) is 17.4 Å². The summed E-state index contributed by atoms with van der Waals surface area (Å²) < 4.78 is 11.8. The molecule has 37 heavy (non-hydrogen) atoms. The number of carbonyl (C=O) groups is 2. The van der Waals surface area contributed by atoms with Crippen LogP contribution in [-0.4, -0.2) is 53.6 Å². The normalized spacial score (nSPS) is 15.1. The molecule has 1 atom stereocenters. The van der Waals surface area contributed by atoms with Crippen LogP contribution in [0.1, 0.15) is 65.4 Å². The van der Waals surface area contributed by atoms with Gasteiger partial charge in [-0.2, -0.15) is 5.26 Å². The van der Waals surface area contributed by atoms with Crippen molar-refractivity contribution in [3.63, 3.8) is 0 Å². The lowest BCUT2D eigenvalue weighted by molar-refractivity contribution is -0.129. The molecule has 2 aromatic rings. The average molecular weight is 506 g/mol. The molecule has 1 aliphatic heterocycles. The van der Waals surface area contributed by atoms with Crippen LogP contribution < -0.4 is 4.74 Å². The molecule has 1 fully saturated rings. The molecule has 0 N–H and O–H groups in total. The van der Waals surface area contributed by atoms with Crippen molar-refractivity contribution in [1.82, 2.24) is 9.80 Å². The van der Waals surface area contributed by atoms with Gasteiger partial charge in [0, 0.05) is 33.0 Å². The maximum absolute atomic E-state index is 12.9. The van der Waals surface area contributed by atoms with Gasteiger partial charge in [0.1, 0.15) is 17.5 Å². The Morgan fingerprint density at radius 2 is 1.70 bits per heavy atom. The van der Waals surface area contributed by atoms with E-state index in [0.29, 0.717) is 25.4 Å². The van der Waals surface area contributed by atoms with Crippen molar-refractivity contribution in [2.75, 3.05) is 20.1 Å². The van der Waals surface area contributed by atoms with Crippen LogP contribution in [-0.2, 0) is 9.53 Å².